The van der Waals surface area contributed by atoms with E-state index >= 15 is 0 Å². The van der Waals surface area contributed by atoms with Crippen LogP contribution in [0.4, 0.5) is 17.1 Å². The van der Waals surface area contributed by atoms with E-state index in [9.17, 15) is 4.79 Å². The van der Waals surface area contributed by atoms with Crippen molar-refractivity contribution in [1.82, 2.24) is 5.32 Å². The summed E-state index contributed by atoms with van der Waals surface area (Å²) in [6.45, 7) is 6.69. The van der Waals surface area contributed by atoms with Crippen LogP contribution in [0.2, 0.25) is 0 Å². The number of benzene rings is 2. The number of anilines is 3. The third-order valence-corrected chi connectivity index (χ3v) is 4.82. The summed E-state index contributed by atoms with van der Waals surface area (Å²) in [7, 11) is 1.64. The van der Waals surface area contributed by atoms with Gasteiger partial charge in [0.25, 0.3) is 5.91 Å². The number of amides is 1. The fourth-order valence-corrected chi connectivity index (χ4v) is 3.26. The molecule has 1 aliphatic heterocycles. The van der Waals surface area contributed by atoms with E-state index in [1.54, 1.807) is 19.2 Å². The van der Waals surface area contributed by atoms with Gasteiger partial charge < -0.3 is 30.7 Å². The van der Waals surface area contributed by atoms with E-state index in [-0.39, 0.29) is 11.9 Å². The number of ether oxygens (including phenoxy) is 2. The van der Waals surface area contributed by atoms with Gasteiger partial charge in [-0.1, -0.05) is 12.1 Å². The van der Waals surface area contributed by atoms with Crippen LogP contribution in [-0.2, 0) is 9.47 Å². The van der Waals surface area contributed by atoms with E-state index in [4.69, 9.17) is 15.2 Å². The Labute approximate surface area is 171 Å². The van der Waals surface area contributed by atoms with E-state index in [2.05, 4.69) is 22.1 Å². The predicted octanol–water partition coefficient (Wildman–Crippen LogP) is 2.82. The lowest BCUT2D eigenvalue weighted by molar-refractivity contribution is 0.100. The highest BCUT2D eigenvalue weighted by atomic mass is 16.5. The first-order valence-corrected chi connectivity index (χ1v) is 9.65. The molecule has 1 saturated heterocycles. The largest absolute Gasteiger partial charge is 0.477 e. The third kappa shape index (κ3) is 5.65. The number of carbonyl (C=O) groups excluding carboxylic acids is 1. The number of carbonyl (C=O) groups is 1. The summed E-state index contributed by atoms with van der Waals surface area (Å²) in [5.74, 6) is 0.390. The van der Waals surface area contributed by atoms with Crippen molar-refractivity contribution in [3.63, 3.8) is 0 Å². The fraction of sp³-hybridized carbons (Fsp3) is 0.318. The second-order valence-corrected chi connectivity index (χ2v) is 6.93. The number of nitrogens with one attached hydrogen (secondary N) is 2. The lowest BCUT2D eigenvalue weighted by atomic mass is 10.1. The van der Waals surface area contributed by atoms with E-state index in [0.29, 0.717) is 36.0 Å². The number of methoxy groups -OCH3 is 1. The lowest BCUT2D eigenvalue weighted by Crippen LogP contribution is -2.32. The average Bonchev–Trinajstić information content (AvgIpc) is 3.18. The third-order valence-electron chi connectivity index (χ3n) is 4.82. The van der Waals surface area contributed by atoms with Crippen molar-refractivity contribution in [2.24, 2.45) is 0 Å². The van der Waals surface area contributed by atoms with Crippen LogP contribution in [-0.4, -0.2) is 45.4 Å². The highest BCUT2D eigenvalue weighted by molar-refractivity contribution is 6.05. The van der Waals surface area contributed by atoms with Crippen molar-refractivity contribution < 1.29 is 14.3 Å². The van der Waals surface area contributed by atoms with Crippen molar-refractivity contribution in [3.8, 4) is 0 Å². The number of hydrogen-bond donors (Lipinski definition) is 3. The Balaban J connectivity index is 1.52. The molecule has 7 nitrogen and oxygen atoms in total. The monoisotopic (exact) mass is 396 g/mol. The van der Waals surface area contributed by atoms with Gasteiger partial charge in [-0.15, -0.1) is 0 Å². The molecule has 7 heteroatoms. The maximum atomic E-state index is 12.5. The number of hydrogen-bond acceptors (Lipinski definition) is 6. The van der Waals surface area contributed by atoms with Gasteiger partial charge in [0.15, 0.2) is 5.88 Å². The molecular weight excluding hydrogens is 368 g/mol. The molecule has 0 bridgehead atoms. The van der Waals surface area contributed by atoms with Crippen LogP contribution in [0.5, 0.6) is 0 Å². The second-order valence-electron chi connectivity index (χ2n) is 6.93. The molecule has 0 spiro atoms. The van der Waals surface area contributed by atoms with Crippen molar-refractivity contribution in [2.75, 3.05) is 49.4 Å². The molecule has 1 aliphatic rings. The van der Waals surface area contributed by atoms with Gasteiger partial charge in [-0.3, -0.25) is 4.79 Å². The minimum absolute atomic E-state index is 0.181. The summed E-state index contributed by atoms with van der Waals surface area (Å²) in [5.41, 5.74) is 8.71. The molecule has 0 saturated carbocycles. The van der Waals surface area contributed by atoms with Crippen LogP contribution in [0.25, 0.3) is 0 Å². The predicted molar refractivity (Wildman–Crippen MR) is 116 cm³/mol. The Kier molecular flexibility index (Phi) is 6.97. The first-order chi connectivity index (χ1) is 14.1. The summed E-state index contributed by atoms with van der Waals surface area (Å²) in [4.78, 5) is 14.7. The van der Waals surface area contributed by atoms with Crippen LogP contribution in [0.3, 0.4) is 0 Å². The Bertz CT molecular complexity index is 838. The normalized spacial score (nSPS) is 15.8. The van der Waals surface area contributed by atoms with Gasteiger partial charge in [-0.25, -0.2) is 0 Å². The van der Waals surface area contributed by atoms with Crippen LogP contribution >= 0.6 is 0 Å². The van der Waals surface area contributed by atoms with Gasteiger partial charge in [0.05, 0.1) is 18.0 Å². The molecule has 1 fully saturated rings. The smallest absolute Gasteiger partial charge is 0.255 e. The van der Waals surface area contributed by atoms with Crippen LogP contribution in [0, 0.1) is 0 Å². The first kappa shape index (κ1) is 20.5. The molecule has 2 aromatic carbocycles. The minimum atomic E-state index is -0.181. The molecule has 29 heavy (non-hydrogen) atoms. The van der Waals surface area contributed by atoms with Crippen LogP contribution in [0.15, 0.2) is 61.0 Å². The standard InChI is InChI=1S/C22H28N4O3/c1-16(29-14-13-28-2)24-18-11-12-26(15-18)19-9-7-17(8-10-19)22(27)25-21-6-4-3-5-20(21)23/h3-10,18,24H,1,11-15,23H2,2H3,(H,25,27)/t18-/m0/s1. The Morgan fingerprint density at radius 1 is 1.21 bits per heavy atom. The molecule has 154 valence electrons. The quantitative estimate of drug-likeness (QED) is 0.343. The molecule has 0 radical (unpaired) electrons. The summed E-state index contributed by atoms with van der Waals surface area (Å²) < 4.78 is 10.4. The van der Waals surface area contributed by atoms with Gasteiger partial charge in [0, 0.05) is 37.5 Å². The lowest BCUT2D eigenvalue weighted by Gasteiger charge is -2.20. The molecule has 3 rings (SSSR count). The van der Waals surface area contributed by atoms with Crippen molar-refractivity contribution >= 4 is 23.0 Å². The van der Waals surface area contributed by atoms with Crippen LogP contribution in [0.1, 0.15) is 16.8 Å². The number of para-hydroxylation sites is 2. The zero-order valence-electron chi connectivity index (χ0n) is 16.7. The SMILES string of the molecule is C=C(N[C@H]1CCN(c2ccc(C(=O)Nc3ccccc3N)cc2)C1)OCCOC. The van der Waals surface area contributed by atoms with E-state index in [0.717, 1.165) is 25.2 Å². The Morgan fingerprint density at radius 3 is 2.69 bits per heavy atom. The first-order valence-electron chi connectivity index (χ1n) is 9.65. The van der Waals surface area contributed by atoms with E-state index in [1.165, 1.54) is 0 Å². The summed E-state index contributed by atoms with van der Waals surface area (Å²) in [6, 6.07) is 15.1. The highest BCUT2D eigenvalue weighted by Crippen LogP contribution is 2.22. The second kappa shape index (κ2) is 9.84. The summed E-state index contributed by atoms with van der Waals surface area (Å²) in [6.07, 6.45) is 0.988. The Morgan fingerprint density at radius 2 is 1.97 bits per heavy atom. The molecule has 0 aromatic heterocycles. The molecular formula is C22H28N4O3. The van der Waals surface area contributed by atoms with Gasteiger partial charge in [0.2, 0.25) is 0 Å². The van der Waals surface area contributed by atoms with Crippen molar-refractivity contribution in [3.05, 3.63) is 66.6 Å². The topological polar surface area (TPSA) is 88.9 Å². The number of rotatable bonds is 9. The molecule has 2 aromatic rings. The number of nitrogen functional groups attached to an aromatic ring is 1. The zero-order valence-corrected chi connectivity index (χ0v) is 16.7. The van der Waals surface area contributed by atoms with E-state index in [1.807, 2.05) is 36.4 Å². The molecule has 0 unspecified atom stereocenters. The minimum Gasteiger partial charge on any atom is -0.477 e. The average molecular weight is 396 g/mol. The van der Waals surface area contributed by atoms with E-state index < -0.39 is 0 Å². The molecule has 0 aliphatic carbocycles. The molecule has 1 atom stereocenters. The summed E-state index contributed by atoms with van der Waals surface area (Å²) >= 11 is 0. The van der Waals surface area contributed by atoms with Crippen molar-refractivity contribution in [2.45, 2.75) is 12.5 Å². The number of nitrogens with two attached hydrogens (primary N) is 1. The van der Waals surface area contributed by atoms with Gasteiger partial charge in [-0.2, -0.15) is 0 Å². The maximum Gasteiger partial charge on any atom is 0.255 e. The Hall–Kier alpha value is -3.19. The number of nitrogens with zero attached hydrogens (tertiary/aromatic N) is 1. The van der Waals surface area contributed by atoms with Gasteiger partial charge in [-0.05, 0) is 49.4 Å². The van der Waals surface area contributed by atoms with Crippen molar-refractivity contribution in [1.29, 1.82) is 0 Å². The fourth-order valence-electron chi connectivity index (χ4n) is 3.26. The molecule has 1 heterocycles. The maximum absolute atomic E-state index is 12.5. The van der Waals surface area contributed by atoms with Gasteiger partial charge in [0.1, 0.15) is 6.61 Å². The molecule has 4 N–H and O–H groups in total. The highest BCUT2D eigenvalue weighted by Gasteiger charge is 2.23. The van der Waals surface area contributed by atoms with Gasteiger partial charge >= 0.3 is 0 Å². The summed E-state index contributed by atoms with van der Waals surface area (Å²) in [5, 5.41) is 6.15. The zero-order chi connectivity index (χ0) is 20.6. The van der Waals surface area contributed by atoms with Crippen LogP contribution < -0.4 is 21.3 Å². The molecule has 1 amide bonds.